The van der Waals surface area contributed by atoms with Crippen molar-refractivity contribution in [1.82, 2.24) is 0 Å². The smallest absolute Gasteiger partial charge is 0.334 e. The molecule has 0 amide bonds. The Bertz CT molecular complexity index is 269. The molecule has 12 heavy (non-hydrogen) atoms. The third kappa shape index (κ3) is 1.50. The van der Waals surface area contributed by atoms with Crippen molar-refractivity contribution in [3.05, 3.63) is 22.8 Å². The van der Waals surface area contributed by atoms with Crippen molar-refractivity contribution in [2.24, 2.45) is 0 Å². The van der Waals surface area contributed by atoms with Gasteiger partial charge in [0.1, 0.15) is 12.2 Å². The summed E-state index contributed by atoms with van der Waals surface area (Å²) in [6, 6.07) is 0. The molecule has 4 nitrogen and oxygen atoms in total. The molecule has 1 aliphatic rings. The van der Waals surface area contributed by atoms with Gasteiger partial charge in [-0.3, -0.25) is 0 Å². The van der Waals surface area contributed by atoms with Crippen molar-refractivity contribution >= 4 is 17.6 Å². The molecule has 3 N–H and O–H groups in total. The number of carboxylic acid groups (broad SMARTS) is 1. The number of rotatable bonds is 1. The van der Waals surface area contributed by atoms with Gasteiger partial charge in [0, 0.05) is 5.03 Å². The Hall–Kier alpha value is -0.840. The van der Waals surface area contributed by atoms with E-state index in [-0.39, 0.29) is 10.6 Å². The summed E-state index contributed by atoms with van der Waals surface area (Å²) in [6.07, 6.45) is -0.354. The van der Waals surface area contributed by atoms with Gasteiger partial charge < -0.3 is 15.3 Å². The molecule has 0 aromatic heterocycles. The third-order valence-corrected chi connectivity index (χ3v) is 1.92. The van der Waals surface area contributed by atoms with Crippen LogP contribution < -0.4 is 0 Å². The van der Waals surface area contributed by atoms with Crippen LogP contribution >= 0.6 is 11.6 Å². The first-order valence-electron chi connectivity index (χ1n) is 3.20. The van der Waals surface area contributed by atoms with Gasteiger partial charge in [0.2, 0.25) is 0 Å². The second-order valence-electron chi connectivity index (χ2n) is 2.37. The first-order chi connectivity index (χ1) is 5.54. The molecule has 1 aliphatic carbocycles. The quantitative estimate of drug-likeness (QED) is 0.538. The van der Waals surface area contributed by atoms with E-state index in [1.165, 1.54) is 12.2 Å². The van der Waals surface area contributed by atoms with Crippen molar-refractivity contribution < 1.29 is 20.1 Å². The fourth-order valence-corrected chi connectivity index (χ4v) is 1.07. The molecule has 1 rings (SSSR count). The number of carboxylic acids is 1. The normalized spacial score (nSPS) is 29.2. The van der Waals surface area contributed by atoms with Gasteiger partial charge in [0.25, 0.3) is 0 Å². The molecular formula is C7H7ClO4. The van der Waals surface area contributed by atoms with Crippen LogP contribution in [0.15, 0.2) is 22.8 Å². The molecule has 5 heteroatoms. The maximum Gasteiger partial charge on any atom is 0.334 e. The minimum absolute atomic E-state index is 0.0347. The second-order valence-corrected chi connectivity index (χ2v) is 2.80. The Labute approximate surface area is 73.4 Å². The van der Waals surface area contributed by atoms with Crippen molar-refractivity contribution in [3.8, 4) is 0 Å². The Balaban J connectivity index is 2.97. The summed E-state index contributed by atoms with van der Waals surface area (Å²) in [5, 5.41) is 26.8. The molecule has 0 radical (unpaired) electrons. The Morgan fingerprint density at radius 3 is 2.42 bits per heavy atom. The molecule has 0 spiro atoms. The molecule has 0 bridgehead atoms. The van der Waals surface area contributed by atoms with Crippen LogP contribution in [0.25, 0.3) is 0 Å². The summed E-state index contributed by atoms with van der Waals surface area (Å²) in [7, 11) is 0. The summed E-state index contributed by atoms with van der Waals surface area (Å²) >= 11 is 5.45. The van der Waals surface area contributed by atoms with Gasteiger partial charge in [0.05, 0.1) is 5.57 Å². The molecule has 0 saturated carbocycles. The van der Waals surface area contributed by atoms with Gasteiger partial charge in [-0.2, -0.15) is 0 Å². The number of aliphatic hydroxyl groups excluding tert-OH is 2. The summed E-state index contributed by atoms with van der Waals surface area (Å²) in [4.78, 5) is 10.4. The molecule has 0 aromatic carbocycles. The standard InChI is InChI=1S/C7H7ClO4/c8-4-2-1-3(7(11)12)5(9)6(4)10/h1-2,5-6,9-10H,(H,11,12)/t5-,6+/m1/s1. The molecule has 0 fully saturated rings. The molecule has 2 atom stereocenters. The van der Waals surface area contributed by atoms with E-state index in [1.54, 1.807) is 0 Å². The van der Waals surface area contributed by atoms with Crippen LogP contribution in [0.4, 0.5) is 0 Å². The molecular weight excluding hydrogens is 184 g/mol. The number of carbonyl (C=O) groups is 1. The first kappa shape index (κ1) is 9.25. The number of hydrogen-bond acceptors (Lipinski definition) is 3. The van der Waals surface area contributed by atoms with Gasteiger partial charge in [0.15, 0.2) is 0 Å². The lowest BCUT2D eigenvalue weighted by atomic mass is 9.99. The van der Waals surface area contributed by atoms with E-state index < -0.39 is 18.2 Å². The highest BCUT2D eigenvalue weighted by molar-refractivity contribution is 6.30. The zero-order valence-electron chi connectivity index (χ0n) is 5.94. The summed E-state index contributed by atoms with van der Waals surface area (Å²) in [6.45, 7) is 0. The largest absolute Gasteiger partial charge is 0.478 e. The Morgan fingerprint density at radius 2 is 1.92 bits per heavy atom. The van der Waals surface area contributed by atoms with Gasteiger partial charge in [-0.05, 0) is 12.2 Å². The van der Waals surface area contributed by atoms with Gasteiger partial charge in [-0.25, -0.2) is 4.79 Å². The van der Waals surface area contributed by atoms with E-state index in [1.807, 2.05) is 0 Å². The average Bonchev–Trinajstić information content (AvgIpc) is 2.00. The predicted molar refractivity (Wildman–Crippen MR) is 41.7 cm³/mol. The molecule has 0 heterocycles. The van der Waals surface area contributed by atoms with E-state index in [0.717, 1.165) is 0 Å². The van der Waals surface area contributed by atoms with Crippen molar-refractivity contribution in [1.29, 1.82) is 0 Å². The molecule has 0 unspecified atom stereocenters. The minimum atomic E-state index is -1.44. The maximum atomic E-state index is 10.4. The highest BCUT2D eigenvalue weighted by Crippen LogP contribution is 2.22. The first-order valence-corrected chi connectivity index (χ1v) is 3.58. The van der Waals surface area contributed by atoms with Crippen molar-refractivity contribution in [2.75, 3.05) is 0 Å². The predicted octanol–water partition coefficient (Wildman–Crippen LogP) is -0.144. The van der Waals surface area contributed by atoms with Crippen molar-refractivity contribution in [2.45, 2.75) is 12.2 Å². The fraction of sp³-hybridized carbons (Fsp3) is 0.286. The summed E-state index contributed by atoms with van der Waals surface area (Å²) < 4.78 is 0. The molecule has 0 aromatic rings. The fourth-order valence-electron chi connectivity index (χ4n) is 0.885. The zero-order chi connectivity index (χ0) is 9.30. The minimum Gasteiger partial charge on any atom is -0.478 e. The Kier molecular flexibility index (Phi) is 2.52. The monoisotopic (exact) mass is 190 g/mol. The van der Waals surface area contributed by atoms with Crippen LogP contribution in [0.2, 0.25) is 0 Å². The van der Waals surface area contributed by atoms with Crippen LogP contribution in [0.1, 0.15) is 0 Å². The van der Waals surface area contributed by atoms with E-state index in [2.05, 4.69) is 0 Å². The summed E-state index contributed by atoms with van der Waals surface area (Å²) in [5.74, 6) is -1.26. The number of aliphatic hydroxyl groups is 2. The SMILES string of the molecule is O=C(O)C1=CC=C(Cl)[C@H](O)[C@@H]1O. The van der Waals surface area contributed by atoms with Gasteiger partial charge in [-0.15, -0.1) is 0 Å². The van der Waals surface area contributed by atoms with Crippen LogP contribution in [-0.4, -0.2) is 33.5 Å². The topological polar surface area (TPSA) is 77.8 Å². The maximum absolute atomic E-state index is 10.4. The zero-order valence-corrected chi connectivity index (χ0v) is 6.69. The van der Waals surface area contributed by atoms with E-state index in [4.69, 9.17) is 26.9 Å². The lowest BCUT2D eigenvalue weighted by Crippen LogP contribution is -2.33. The van der Waals surface area contributed by atoms with Crippen molar-refractivity contribution in [3.63, 3.8) is 0 Å². The Morgan fingerprint density at radius 1 is 1.33 bits per heavy atom. The molecule has 66 valence electrons. The van der Waals surface area contributed by atoms with Crippen LogP contribution in [-0.2, 0) is 4.79 Å². The van der Waals surface area contributed by atoms with Gasteiger partial charge in [-0.1, -0.05) is 11.6 Å². The lowest BCUT2D eigenvalue weighted by Gasteiger charge is -2.20. The highest BCUT2D eigenvalue weighted by atomic mass is 35.5. The summed E-state index contributed by atoms with van der Waals surface area (Å²) in [5.41, 5.74) is -0.257. The van der Waals surface area contributed by atoms with Crippen LogP contribution in [0.3, 0.4) is 0 Å². The third-order valence-electron chi connectivity index (χ3n) is 1.57. The van der Waals surface area contributed by atoms with E-state index in [0.29, 0.717) is 0 Å². The second kappa shape index (κ2) is 3.26. The van der Waals surface area contributed by atoms with Crippen LogP contribution in [0.5, 0.6) is 0 Å². The lowest BCUT2D eigenvalue weighted by molar-refractivity contribution is -0.134. The number of hydrogen-bond donors (Lipinski definition) is 3. The van der Waals surface area contributed by atoms with E-state index >= 15 is 0 Å². The number of halogens is 1. The van der Waals surface area contributed by atoms with Gasteiger partial charge >= 0.3 is 5.97 Å². The average molecular weight is 191 g/mol. The number of aliphatic carboxylic acids is 1. The van der Waals surface area contributed by atoms with E-state index in [9.17, 15) is 4.79 Å². The highest BCUT2D eigenvalue weighted by Gasteiger charge is 2.29. The molecule has 0 aliphatic heterocycles. The molecule has 0 saturated heterocycles. The number of allylic oxidation sites excluding steroid dienone is 2. The van der Waals surface area contributed by atoms with Crippen LogP contribution in [0, 0.1) is 0 Å².